The van der Waals surface area contributed by atoms with Crippen LogP contribution in [0.15, 0.2) is 0 Å². The Morgan fingerprint density at radius 2 is 1.73 bits per heavy atom. The van der Waals surface area contributed by atoms with Crippen LogP contribution in [0.25, 0.3) is 0 Å². The highest BCUT2D eigenvalue weighted by Crippen LogP contribution is 2.31. The van der Waals surface area contributed by atoms with Crippen molar-refractivity contribution in [2.24, 2.45) is 40.5 Å². The fourth-order valence-corrected chi connectivity index (χ4v) is 6.33. The van der Waals surface area contributed by atoms with E-state index in [2.05, 4.69) is 18.0 Å². The van der Waals surface area contributed by atoms with Crippen LogP contribution in [0.5, 0.6) is 0 Å². The van der Waals surface area contributed by atoms with E-state index >= 15 is 0 Å². The second-order valence-corrected chi connectivity index (χ2v) is 12.7. The van der Waals surface area contributed by atoms with Crippen molar-refractivity contribution in [1.82, 2.24) is 5.32 Å². The molecule has 2 heterocycles. The zero-order valence-electron chi connectivity index (χ0n) is 27.8. The lowest BCUT2D eigenvalue weighted by Gasteiger charge is -2.34. The van der Waals surface area contributed by atoms with Gasteiger partial charge >= 0.3 is 0 Å². The number of carbonyl (C=O) groups excluding carboxylic acids is 1. The molecular formula is C31H65FN6O7. The van der Waals surface area contributed by atoms with Crippen LogP contribution in [0.2, 0.25) is 0 Å². The Balaban J connectivity index is 0.000000380. The van der Waals surface area contributed by atoms with Crippen LogP contribution in [0.1, 0.15) is 84.5 Å². The largest absolute Gasteiger partial charge is 0.394 e. The number of aliphatic hydroxyl groups is 3. The van der Waals surface area contributed by atoms with E-state index in [0.717, 1.165) is 38.1 Å². The van der Waals surface area contributed by atoms with Crippen LogP contribution in [0.3, 0.4) is 0 Å². The maximum atomic E-state index is 13.2. The molecule has 0 aromatic carbocycles. The molecule has 0 aromatic rings. The van der Waals surface area contributed by atoms with Crippen molar-refractivity contribution in [3.63, 3.8) is 0 Å². The first-order chi connectivity index (χ1) is 21.5. The zero-order valence-corrected chi connectivity index (χ0v) is 27.8. The molecule has 2 saturated heterocycles. The topological polar surface area (TPSA) is 248 Å². The molecule has 10 unspecified atom stereocenters. The second-order valence-electron chi connectivity index (χ2n) is 12.7. The predicted molar refractivity (Wildman–Crippen MR) is 172 cm³/mol. The fraction of sp³-hybridized carbons (Fsp3) is 0.968. The van der Waals surface area contributed by atoms with E-state index in [4.69, 9.17) is 47.4 Å². The maximum Gasteiger partial charge on any atom is 0.223 e. The van der Waals surface area contributed by atoms with Gasteiger partial charge in [0.2, 0.25) is 5.91 Å². The quantitative estimate of drug-likeness (QED) is 0.156. The highest BCUT2D eigenvalue weighted by molar-refractivity contribution is 5.76. The number of nitrogens with one attached hydrogen (secondary N) is 1. The van der Waals surface area contributed by atoms with Gasteiger partial charge in [-0.15, -0.1) is 0 Å². The molecule has 1 amide bonds. The molecule has 4 rings (SSSR count). The summed E-state index contributed by atoms with van der Waals surface area (Å²) in [5, 5.41) is 30.4. The van der Waals surface area contributed by atoms with Crippen molar-refractivity contribution in [1.29, 1.82) is 0 Å². The number of halogens is 1. The smallest absolute Gasteiger partial charge is 0.223 e. The van der Waals surface area contributed by atoms with E-state index in [1.54, 1.807) is 0 Å². The van der Waals surface area contributed by atoms with Gasteiger partial charge in [-0.1, -0.05) is 13.3 Å². The summed E-state index contributed by atoms with van der Waals surface area (Å²) in [5.74, 6) is 0.991. The molecule has 0 spiro atoms. The maximum absolute atomic E-state index is 13.2. The summed E-state index contributed by atoms with van der Waals surface area (Å²) >= 11 is 0. The molecule has 12 atom stereocenters. The minimum absolute atomic E-state index is 0.00569. The number of alkyl halides is 1. The first-order valence-electron chi connectivity index (χ1n) is 16.8. The number of carbonyl (C=O) groups is 1. The third kappa shape index (κ3) is 16.6. The monoisotopic (exact) mass is 652 g/mol. The zero-order chi connectivity index (χ0) is 33.9. The van der Waals surface area contributed by atoms with Crippen LogP contribution in [-0.4, -0.2) is 116 Å². The molecule has 14 N–H and O–H groups in total. The molecule has 2 aliphatic heterocycles. The van der Waals surface area contributed by atoms with Crippen molar-refractivity contribution < 1.29 is 38.7 Å². The van der Waals surface area contributed by atoms with Crippen molar-refractivity contribution in [2.75, 3.05) is 33.4 Å². The summed E-state index contributed by atoms with van der Waals surface area (Å²) in [6, 6.07) is -0.387. The number of hydrogen-bond donors (Lipinski definition) is 9. The van der Waals surface area contributed by atoms with Gasteiger partial charge < -0.3 is 63.5 Å². The summed E-state index contributed by atoms with van der Waals surface area (Å²) in [5.41, 5.74) is 26.8. The van der Waals surface area contributed by atoms with Gasteiger partial charge in [0.15, 0.2) is 6.29 Å². The van der Waals surface area contributed by atoms with Gasteiger partial charge in [0, 0.05) is 31.5 Å². The first kappa shape index (κ1) is 42.0. The Kier molecular flexibility index (Phi) is 21.7. The standard InChI is InChI=1S/C15H28FN3O4.C9H19NO.C6H13NO2.CH5N/c16-9(7-17)3-14(21)19-11-4-10(18)5-13(6-11)23-15-2-1-12(8-20)22-15;1-2-7-3-4-9(11)5-8(7)6-10;1-4-2-6(8)5(7)3-9-4;1-2/h9-13,15,20H,1-8,17-18H2,(H,19,21);7-9,11H,2-6,10H2,1H3;4-6,8H,2-3,7H2,1H3;2H2,1H3/t;;4-,5-,6?;/m..0./s1. The normalized spacial score (nSPS) is 37.0. The summed E-state index contributed by atoms with van der Waals surface area (Å²) in [6.45, 7) is 5.22. The number of hydrogen-bond acceptors (Lipinski definition) is 12. The Morgan fingerprint density at radius 1 is 1.02 bits per heavy atom. The first-order valence-corrected chi connectivity index (χ1v) is 16.8. The minimum Gasteiger partial charge on any atom is -0.394 e. The predicted octanol–water partition coefficient (Wildman–Crippen LogP) is -0.257. The van der Waals surface area contributed by atoms with E-state index in [0.29, 0.717) is 38.2 Å². The Morgan fingerprint density at radius 3 is 2.29 bits per heavy atom. The molecular weight excluding hydrogens is 587 g/mol. The molecule has 4 aliphatic rings. The minimum atomic E-state index is -1.32. The van der Waals surface area contributed by atoms with Gasteiger partial charge in [-0.3, -0.25) is 4.79 Å². The number of amides is 1. The molecule has 268 valence electrons. The molecule has 0 aromatic heterocycles. The summed E-state index contributed by atoms with van der Waals surface area (Å²) < 4.78 is 29.8. The molecule has 14 heteroatoms. The van der Waals surface area contributed by atoms with E-state index in [1.165, 1.54) is 19.9 Å². The molecule has 13 nitrogen and oxygen atoms in total. The van der Waals surface area contributed by atoms with Crippen LogP contribution in [0, 0.1) is 11.8 Å². The van der Waals surface area contributed by atoms with E-state index in [9.17, 15) is 14.3 Å². The van der Waals surface area contributed by atoms with Crippen LogP contribution >= 0.6 is 0 Å². The van der Waals surface area contributed by atoms with E-state index < -0.39 is 6.17 Å². The van der Waals surface area contributed by atoms with Gasteiger partial charge in [0.25, 0.3) is 0 Å². The highest BCUT2D eigenvalue weighted by atomic mass is 19.1. The summed E-state index contributed by atoms with van der Waals surface area (Å²) in [6.07, 6.45) is 6.03. The fourth-order valence-electron chi connectivity index (χ4n) is 6.33. The third-order valence-electron chi connectivity index (χ3n) is 8.92. The van der Waals surface area contributed by atoms with Crippen molar-refractivity contribution in [2.45, 2.75) is 146 Å². The average Bonchev–Trinajstić information content (AvgIpc) is 3.47. The van der Waals surface area contributed by atoms with Crippen molar-refractivity contribution in [3.05, 3.63) is 0 Å². The molecule has 2 saturated carbocycles. The van der Waals surface area contributed by atoms with Gasteiger partial charge in [0.05, 0.1) is 56.2 Å². The third-order valence-corrected chi connectivity index (χ3v) is 8.92. The Hall–Kier alpha value is -1.04. The Bertz CT molecular complexity index is 778. The number of nitrogens with two attached hydrogens (primary N) is 5. The highest BCUT2D eigenvalue weighted by Gasteiger charge is 2.33. The van der Waals surface area contributed by atoms with Crippen LogP contribution in [-0.2, 0) is 19.0 Å². The number of rotatable bonds is 9. The Labute approximate surface area is 269 Å². The van der Waals surface area contributed by atoms with Gasteiger partial charge in [0.1, 0.15) is 6.17 Å². The van der Waals surface area contributed by atoms with E-state index in [-0.39, 0.29) is 80.4 Å². The van der Waals surface area contributed by atoms with Crippen LogP contribution < -0.4 is 34.0 Å². The lowest BCUT2D eigenvalue weighted by Crippen LogP contribution is -2.48. The van der Waals surface area contributed by atoms with Crippen LogP contribution in [0.4, 0.5) is 4.39 Å². The summed E-state index contributed by atoms with van der Waals surface area (Å²) in [7, 11) is 1.50. The molecule has 4 fully saturated rings. The molecule has 0 bridgehead atoms. The summed E-state index contributed by atoms with van der Waals surface area (Å²) in [4.78, 5) is 11.8. The molecule has 45 heavy (non-hydrogen) atoms. The lowest BCUT2D eigenvalue weighted by molar-refractivity contribution is -0.175. The SMILES string of the molecule is CCC1CCC(O)CC1CN.CN.C[C@H]1CC(O)[C@@H](N)CO1.NCC(F)CC(=O)NC1CC(N)CC(OC2CCC(CO)O2)C1. The van der Waals surface area contributed by atoms with Crippen molar-refractivity contribution >= 4 is 5.91 Å². The molecule has 0 radical (unpaired) electrons. The number of ether oxygens (including phenoxy) is 3. The molecule has 2 aliphatic carbocycles. The van der Waals surface area contributed by atoms with Crippen molar-refractivity contribution in [3.8, 4) is 0 Å². The van der Waals surface area contributed by atoms with E-state index in [1.807, 2.05) is 6.92 Å². The van der Waals surface area contributed by atoms with Gasteiger partial charge in [-0.2, -0.15) is 0 Å². The average molecular weight is 653 g/mol. The van der Waals surface area contributed by atoms with Gasteiger partial charge in [-0.25, -0.2) is 4.39 Å². The van der Waals surface area contributed by atoms with Gasteiger partial charge in [-0.05, 0) is 77.3 Å². The second kappa shape index (κ2) is 23.3. The lowest BCUT2D eigenvalue weighted by atomic mass is 9.77. The number of aliphatic hydroxyl groups excluding tert-OH is 3.